The Bertz CT molecular complexity index is 871. The van der Waals surface area contributed by atoms with E-state index in [-0.39, 0.29) is 17.1 Å². The molecule has 0 unspecified atom stereocenters. The number of aliphatic imine (C=N–C) groups is 1. The largest absolute Gasteiger partial charge is 0.398 e. The van der Waals surface area contributed by atoms with Crippen molar-refractivity contribution in [2.45, 2.75) is 18.8 Å². The first-order chi connectivity index (χ1) is 11.8. The molecule has 0 bridgehead atoms. The summed E-state index contributed by atoms with van der Waals surface area (Å²) in [6.07, 6.45) is 3.21. The van der Waals surface area contributed by atoms with Crippen molar-refractivity contribution in [1.29, 1.82) is 5.41 Å². The Morgan fingerprint density at radius 2 is 2.04 bits per heavy atom. The van der Waals surface area contributed by atoms with E-state index >= 15 is 0 Å². The number of amides is 1. The van der Waals surface area contributed by atoms with Gasteiger partial charge in [0, 0.05) is 24.5 Å². The molecule has 25 heavy (non-hydrogen) atoms. The third-order valence-electron chi connectivity index (χ3n) is 3.89. The molecule has 8 heteroatoms. The number of benzene rings is 1. The van der Waals surface area contributed by atoms with E-state index in [4.69, 9.17) is 39.9 Å². The van der Waals surface area contributed by atoms with Gasteiger partial charge in [-0.3, -0.25) is 9.79 Å². The second-order valence-corrected chi connectivity index (χ2v) is 5.99. The van der Waals surface area contributed by atoms with Crippen LogP contribution in [0, 0.1) is 17.3 Å². The molecule has 2 rings (SSSR count). The lowest BCUT2D eigenvalue weighted by Gasteiger charge is -2.11. The van der Waals surface area contributed by atoms with Crippen LogP contribution in [0.5, 0.6) is 0 Å². The van der Waals surface area contributed by atoms with Gasteiger partial charge in [-0.1, -0.05) is 17.5 Å². The van der Waals surface area contributed by atoms with E-state index in [9.17, 15) is 4.79 Å². The fraction of sp³-hybridized carbons (Fsp3) is 0.235. The van der Waals surface area contributed by atoms with Crippen LogP contribution in [0.25, 0.3) is 0 Å². The lowest BCUT2D eigenvalue weighted by atomic mass is 9.98. The Morgan fingerprint density at radius 1 is 1.40 bits per heavy atom. The average molecular weight is 359 g/mol. The van der Waals surface area contributed by atoms with Crippen molar-refractivity contribution >= 4 is 35.2 Å². The smallest absolute Gasteiger partial charge is 0.255 e. The minimum atomic E-state index is -0.836. The molecule has 1 aromatic rings. The number of amidine groups is 1. The molecule has 1 aromatic carbocycles. The van der Waals surface area contributed by atoms with Crippen molar-refractivity contribution in [3.8, 4) is 11.8 Å². The quantitative estimate of drug-likeness (QED) is 0.177. The monoisotopic (exact) mass is 358 g/mol. The summed E-state index contributed by atoms with van der Waals surface area (Å²) < 4.78 is 0. The van der Waals surface area contributed by atoms with E-state index in [2.05, 4.69) is 16.8 Å². The van der Waals surface area contributed by atoms with Crippen LogP contribution in [-0.2, 0) is 4.79 Å². The van der Waals surface area contributed by atoms with Crippen molar-refractivity contribution in [2.24, 2.45) is 22.2 Å². The highest BCUT2D eigenvalue weighted by molar-refractivity contribution is 6.32. The average Bonchev–Trinajstić information content (AvgIpc) is 3.39. The summed E-state index contributed by atoms with van der Waals surface area (Å²) >= 11 is 6.31. The zero-order valence-corrected chi connectivity index (χ0v) is 14.4. The molecular formula is C17H19ClN6O. The molecule has 0 radical (unpaired) electrons. The summed E-state index contributed by atoms with van der Waals surface area (Å²) in [5, 5.41) is 8.00. The van der Waals surface area contributed by atoms with Crippen molar-refractivity contribution < 1.29 is 4.79 Å². The predicted molar refractivity (Wildman–Crippen MR) is 101 cm³/mol. The van der Waals surface area contributed by atoms with Crippen LogP contribution in [0.4, 0.5) is 5.69 Å². The van der Waals surface area contributed by atoms with Gasteiger partial charge in [-0.25, -0.2) is 0 Å². The molecule has 1 aliphatic carbocycles. The predicted octanol–water partition coefficient (Wildman–Crippen LogP) is 0.834. The second-order valence-electron chi connectivity index (χ2n) is 5.58. The highest BCUT2D eigenvalue weighted by Crippen LogP contribution is 2.45. The van der Waals surface area contributed by atoms with Gasteiger partial charge in [0.25, 0.3) is 5.91 Å². The summed E-state index contributed by atoms with van der Waals surface area (Å²) in [6.45, 7) is 0. The summed E-state index contributed by atoms with van der Waals surface area (Å²) in [4.78, 5) is 15.2. The molecule has 0 spiro atoms. The van der Waals surface area contributed by atoms with Gasteiger partial charge in [0.15, 0.2) is 0 Å². The molecule has 0 aliphatic heterocycles. The summed E-state index contributed by atoms with van der Waals surface area (Å²) in [5.74, 6) is 4.80. The number of nitrogens with one attached hydrogen (secondary N) is 1. The van der Waals surface area contributed by atoms with E-state index in [1.54, 1.807) is 6.07 Å². The van der Waals surface area contributed by atoms with Gasteiger partial charge in [0.1, 0.15) is 11.4 Å². The minimum absolute atomic E-state index is 0.110. The number of rotatable bonds is 4. The number of hydrogen-bond acceptors (Lipinski definition) is 5. The number of allylic oxidation sites excluding steroid dienone is 1. The van der Waals surface area contributed by atoms with Gasteiger partial charge in [-0.15, -0.1) is 0 Å². The molecule has 0 heterocycles. The number of nitrogen functional groups attached to an aromatic ring is 1. The van der Waals surface area contributed by atoms with Crippen LogP contribution < -0.4 is 22.9 Å². The van der Waals surface area contributed by atoms with Gasteiger partial charge < -0.3 is 28.3 Å². The Morgan fingerprint density at radius 3 is 2.52 bits per heavy atom. The lowest BCUT2D eigenvalue weighted by molar-refractivity contribution is -0.114. The van der Waals surface area contributed by atoms with Crippen molar-refractivity contribution in [3.63, 3.8) is 0 Å². The second kappa shape index (κ2) is 7.28. The first-order valence-electron chi connectivity index (χ1n) is 7.48. The maximum atomic E-state index is 11.5. The van der Waals surface area contributed by atoms with Crippen LogP contribution in [0.1, 0.15) is 35.4 Å². The highest BCUT2D eigenvalue weighted by atomic mass is 35.5. The fourth-order valence-electron chi connectivity index (χ4n) is 2.42. The van der Waals surface area contributed by atoms with Crippen LogP contribution in [-0.4, -0.2) is 25.0 Å². The molecule has 130 valence electrons. The molecule has 1 fully saturated rings. The normalized spacial score (nSPS) is 15.0. The standard InChI is InChI=1S/C17H19ClN6O/c1-24-16(22)14(17(23)25)13(20)5-4-9-11(7-19)15(21)10(6-12(9)18)8-2-3-8/h6-8,19H,2-3,20-21H2,1H3,(H2,22,24)(H2,23,25). The van der Waals surface area contributed by atoms with Crippen molar-refractivity contribution in [1.82, 2.24) is 0 Å². The van der Waals surface area contributed by atoms with E-state index in [1.165, 1.54) is 7.05 Å². The number of nitrogens with two attached hydrogens (primary N) is 4. The topological polar surface area (TPSA) is 157 Å². The summed E-state index contributed by atoms with van der Waals surface area (Å²) in [7, 11) is 1.40. The number of primary amides is 1. The van der Waals surface area contributed by atoms with Gasteiger partial charge in [-0.05, 0) is 36.3 Å². The maximum Gasteiger partial charge on any atom is 0.255 e. The van der Waals surface area contributed by atoms with Crippen LogP contribution in [0.3, 0.4) is 0 Å². The van der Waals surface area contributed by atoms with Crippen molar-refractivity contribution in [2.75, 3.05) is 12.8 Å². The molecule has 0 atom stereocenters. The summed E-state index contributed by atoms with van der Waals surface area (Å²) in [5.41, 5.74) is 24.8. The molecule has 1 saturated carbocycles. The Balaban J connectivity index is 2.58. The van der Waals surface area contributed by atoms with E-state index in [0.717, 1.165) is 24.6 Å². The first kappa shape index (κ1) is 18.4. The number of carbonyl (C=O) groups is 1. The maximum absolute atomic E-state index is 11.5. The Labute approximate surface area is 150 Å². The summed E-state index contributed by atoms with van der Waals surface area (Å²) in [6, 6.07) is 1.77. The number of anilines is 1. The molecule has 1 amide bonds. The zero-order chi connectivity index (χ0) is 18.7. The zero-order valence-electron chi connectivity index (χ0n) is 13.7. The third kappa shape index (κ3) is 3.75. The minimum Gasteiger partial charge on any atom is -0.398 e. The van der Waals surface area contributed by atoms with Gasteiger partial charge in [0.2, 0.25) is 0 Å². The van der Waals surface area contributed by atoms with Crippen LogP contribution in [0.2, 0.25) is 5.02 Å². The number of halogens is 1. The highest BCUT2D eigenvalue weighted by Gasteiger charge is 2.28. The van der Waals surface area contributed by atoms with E-state index in [0.29, 0.717) is 27.8 Å². The number of nitrogens with zero attached hydrogens (tertiary/aromatic N) is 1. The third-order valence-corrected chi connectivity index (χ3v) is 4.19. The van der Waals surface area contributed by atoms with E-state index in [1.807, 2.05) is 0 Å². The van der Waals surface area contributed by atoms with Crippen LogP contribution >= 0.6 is 11.6 Å². The molecule has 0 saturated heterocycles. The molecule has 7 nitrogen and oxygen atoms in total. The Kier molecular flexibility index (Phi) is 5.35. The van der Waals surface area contributed by atoms with Gasteiger partial charge >= 0.3 is 0 Å². The van der Waals surface area contributed by atoms with E-state index < -0.39 is 5.91 Å². The SMILES string of the molecule is CN=C(N)C(C(N)=O)=C(N)C#Cc1c(Cl)cc(C2CC2)c(N)c1C=N. The molecule has 0 aromatic heterocycles. The lowest BCUT2D eigenvalue weighted by Crippen LogP contribution is -2.29. The van der Waals surface area contributed by atoms with Crippen LogP contribution in [0.15, 0.2) is 22.3 Å². The molecule has 9 N–H and O–H groups in total. The molecular weight excluding hydrogens is 340 g/mol. The Hall–Kier alpha value is -2.98. The van der Waals surface area contributed by atoms with Crippen molar-refractivity contribution in [3.05, 3.63) is 39.0 Å². The number of hydrogen-bond donors (Lipinski definition) is 5. The first-order valence-corrected chi connectivity index (χ1v) is 7.86. The van der Waals surface area contributed by atoms with Gasteiger partial charge in [-0.2, -0.15) is 0 Å². The molecule has 1 aliphatic rings. The fourth-order valence-corrected chi connectivity index (χ4v) is 2.68. The van der Waals surface area contributed by atoms with Gasteiger partial charge in [0.05, 0.1) is 16.3 Å². The number of carbonyl (C=O) groups excluding carboxylic acids is 1.